The summed E-state index contributed by atoms with van der Waals surface area (Å²) in [5, 5.41) is 8.66. The molecule has 0 aliphatic heterocycles. The van der Waals surface area contributed by atoms with E-state index >= 15 is 0 Å². The zero-order chi connectivity index (χ0) is 10.7. The SMILES string of the molecule is CCc1csc(NC(C)c2cccs2)n1. The van der Waals surface area contributed by atoms with Crippen LogP contribution in [0.15, 0.2) is 22.9 Å². The molecule has 2 nitrogen and oxygen atoms in total. The lowest BCUT2D eigenvalue weighted by Crippen LogP contribution is -2.04. The molecule has 15 heavy (non-hydrogen) atoms. The first-order valence-electron chi connectivity index (χ1n) is 5.04. The van der Waals surface area contributed by atoms with Crippen molar-refractivity contribution < 1.29 is 0 Å². The zero-order valence-corrected chi connectivity index (χ0v) is 10.5. The molecule has 0 fully saturated rings. The quantitative estimate of drug-likeness (QED) is 0.872. The third-order valence-corrected chi connectivity index (χ3v) is 4.10. The van der Waals surface area contributed by atoms with Gasteiger partial charge in [-0.25, -0.2) is 4.98 Å². The molecule has 1 N–H and O–H groups in total. The Hall–Kier alpha value is -0.870. The fraction of sp³-hybridized carbons (Fsp3) is 0.364. The van der Waals surface area contributed by atoms with Crippen molar-refractivity contribution in [2.75, 3.05) is 5.32 Å². The molecule has 0 saturated heterocycles. The van der Waals surface area contributed by atoms with Crippen LogP contribution in [0.1, 0.15) is 30.5 Å². The summed E-state index contributed by atoms with van der Waals surface area (Å²) < 4.78 is 0. The fourth-order valence-electron chi connectivity index (χ4n) is 1.33. The van der Waals surface area contributed by atoms with E-state index in [2.05, 4.69) is 47.0 Å². The van der Waals surface area contributed by atoms with Crippen LogP contribution in [0.5, 0.6) is 0 Å². The largest absolute Gasteiger partial charge is 0.354 e. The Labute approximate surface area is 98.0 Å². The lowest BCUT2D eigenvalue weighted by molar-refractivity contribution is 0.900. The number of thiazole rings is 1. The van der Waals surface area contributed by atoms with Crippen molar-refractivity contribution in [1.82, 2.24) is 4.98 Å². The van der Waals surface area contributed by atoms with E-state index in [1.165, 1.54) is 10.6 Å². The molecule has 1 unspecified atom stereocenters. The summed E-state index contributed by atoms with van der Waals surface area (Å²) in [4.78, 5) is 5.84. The van der Waals surface area contributed by atoms with E-state index in [0.29, 0.717) is 6.04 Å². The summed E-state index contributed by atoms with van der Waals surface area (Å²) in [6.45, 7) is 4.29. The summed E-state index contributed by atoms with van der Waals surface area (Å²) in [6, 6.07) is 4.58. The Morgan fingerprint density at radius 2 is 2.33 bits per heavy atom. The highest BCUT2D eigenvalue weighted by Gasteiger charge is 2.08. The van der Waals surface area contributed by atoms with Crippen LogP contribution in [-0.2, 0) is 6.42 Å². The molecular weight excluding hydrogens is 224 g/mol. The van der Waals surface area contributed by atoms with Gasteiger partial charge >= 0.3 is 0 Å². The summed E-state index contributed by atoms with van der Waals surface area (Å²) in [6.07, 6.45) is 1.01. The molecule has 2 aromatic heterocycles. The van der Waals surface area contributed by atoms with Crippen molar-refractivity contribution in [3.8, 4) is 0 Å². The van der Waals surface area contributed by atoms with Gasteiger partial charge in [0.2, 0.25) is 0 Å². The molecule has 2 rings (SSSR count). The summed E-state index contributed by atoms with van der Waals surface area (Å²) >= 11 is 3.46. The fourth-order valence-corrected chi connectivity index (χ4v) is 2.95. The number of hydrogen-bond donors (Lipinski definition) is 1. The normalized spacial score (nSPS) is 12.7. The second kappa shape index (κ2) is 4.77. The van der Waals surface area contributed by atoms with Crippen molar-refractivity contribution >= 4 is 27.8 Å². The van der Waals surface area contributed by atoms with Gasteiger partial charge in [-0.3, -0.25) is 0 Å². The average molecular weight is 238 g/mol. The topological polar surface area (TPSA) is 24.9 Å². The molecule has 0 saturated carbocycles. The highest BCUT2D eigenvalue weighted by Crippen LogP contribution is 2.25. The number of nitrogens with zero attached hydrogens (tertiary/aromatic N) is 1. The molecular formula is C11H14N2S2. The van der Waals surface area contributed by atoms with Crippen LogP contribution in [0.4, 0.5) is 5.13 Å². The zero-order valence-electron chi connectivity index (χ0n) is 8.86. The first-order chi connectivity index (χ1) is 7.29. The number of hydrogen-bond acceptors (Lipinski definition) is 4. The van der Waals surface area contributed by atoms with Gasteiger partial charge in [-0.05, 0) is 24.8 Å². The molecule has 80 valence electrons. The van der Waals surface area contributed by atoms with Gasteiger partial charge in [0.15, 0.2) is 5.13 Å². The molecule has 0 amide bonds. The van der Waals surface area contributed by atoms with E-state index in [9.17, 15) is 0 Å². The Bertz CT molecular complexity index is 406. The maximum absolute atomic E-state index is 4.49. The van der Waals surface area contributed by atoms with Crippen LogP contribution in [0, 0.1) is 0 Å². The highest BCUT2D eigenvalue weighted by molar-refractivity contribution is 7.13. The Morgan fingerprint density at radius 3 is 2.93 bits per heavy atom. The lowest BCUT2D eigenvalue weighted by Gasteiger charge is -2.10. The summed E-state index contributed by atoms with van der Waals surface area (Å²) in [7, 11) is 0. The highest BCUT2D eigenvalue weighted by atomic mass is 32.1. The summed E-state index contributed by atoms with van der Waals surface area (Å²) in [5.41, 5.74) is 1.17. The second-order valence-electron chi connectivity index (χ2n) is 3.38. The van der Waals surface area contributed by atoms with Crippen LogP contribution < -0.4 is 5.32 Å². The molecule has 2 heterocycles. The van der Waals surface area contributed by atoms with E-state index in [1.807, 2.05) is 0 Å². The third kappa shape index (κ3) is 2.58. The minimum atomic E-state index is 0.348. The van der Waals surface area contributed by atoms with E-state index in [4.69, 9.17) is 0 Å². The number of anilines is 1. The first-order valence-corrected chi connectivity index (χ1v) is 6.80. The number of aryl methyl sites for hydroxylation is 1. The second-order valence-corrected chi connectivity index (χ2v) is 5.22. The van der Waals surface area contributed by atoms with Gasteiger partial charge in [-0.1, -0.05) is 13.0 Å². The average Bonchev–Trinajstić information content (AvgIpc) is 2.87. The Balaban J connectivity index is 2.02. The molecule has 0 aliphatic carbocycles. The molecule has 2 aromatic rings. The predicted molar refractivity (Wildman–Crippen MR) is 67.8 cm³/mol. The minimum absolute atomic E-state index is 0.348. The standard InChI is InChI=1S/C11H14N2S2/c1-3-9-7-15-11(13-9)12-8(2)10-5-4-6-14-10/h4-8H,3H2,1-2H3,(H,12,13). The number of nitrogens with one attached hydrogen (secondary N) is 1. The molecule has 1 atom stereocenters. The van der Waals surface area contributed by atoms with Crippen LogP contribution in [0.25, 0.3) is 0 Å². The minimum Gasteiger partial charge on any atom is -0.354 e. The van der Waals surface area contributed by atoms with E-state index in [0.717, 1.165) is 11.6 Å². The first kappa shape index (κ1) is 10.6. The van der Waals surface area contributed by atoms with Crippen molar-refractivity contribution in [1.29, 1.82) is 0 Å². The summed E-state index contributed by atoms with van der Waals surface area (Å²) in [5.74, 6) is 0. The molecule has 4 heteroatoms. The van der Waals surface area contributed by atoms with Crippen LogP contribution in [0.3, 0.4) is 0 Å². The Kier molecular flexibility index (Phi) is 3.38. The number of thiophene rings is 1. The van der Waals surface area contributed by atoms with E-state index in [1.54, 1.807) is 22.7 Å². The van der Waals surface area contributed by atoms with Crippen LogP contribution in [-0.4, -0.2) is 4.98 Å². The monoisotopic (exact) mass is 238 g/mol. The number of aromatic nitrogens is 1. The van der Waals surface area contributed by atoms with Gasteiger partial charge in [0, 0.05) is 10.3 Å². The maximum Gasteiger partial charge on any atom is 0.183 e. The van der Waals surface area contributed by atoms with Gasteiger partial charge in [0.1, 0.15) is 0 Å². The molecule has 0 aliphatic rings. The van der Waals surface area contributed by atoms with Crippen molar-refractivity contribution in [3.05, 3.63) is 33.5 Å². The van der Waals surface area contributed by atoms with E-state index < -0.39 is 0 Å². The Morgan fingerprint density at radius 1 is 1.47 bits per heavy atom. The van der Waals surface area contributed by atoms with Crippen molar-refractivity contribution in [2.24, 2.45) is 0 Å². The van der Waals surface area contributed by atoms with Crippen LogP contribution >= 0.6 is 22.7 Å². The third-order valence-electron chi connectivity index (χ3n) is 2.22. The predicted octanol–water partition coefficient (Wildman–Crippen LogP) is 3.94. The van der Waals surface area contributed by atoms with Gasteiger partial charge in [-0.2, -0.15) is 0 Å². The van der Waals surface area contributed by atoms with Gasteiger partial charge in [0.25, 0.3) is 0 Å². The number of rotatable bonds is 4. The van der Waals surface area contributed by atoms with Crippen molar-refractivity contribution in [2.45, 2.75) is 26.3 Å². The van der Waals surface area contributed by atoms with Gasteiger partial charge in [-0.15, -0.1) is 22.7 Å². The lowest BCUT2D eigenvalue weighted by atomic mass is 10.3. The molecule has 0 aromatic carbocycles. The van der Waals surface area contributed by atoms with Crippen molar-refractivity contribution in [3.63, 3.8) is 0 Å². The maximum atomic E-state index is 4.49. The van der Waals surface area contributed by atoms with E-state index in [-0.39, 0.29) is 0 Å². The van der Waals surface area contributed by atoms with Gasteiger partial charge < -0.3 is 5.32 Å². The molecule has 0 radical (unpaired) electrons. The molecule has 0 bridgehead atoms. The van der Waals surface area contributed by atoms with Crippen LogP contribution in [0.2, 0.25) is 0 Å². The smallest absolute Gasteiger partial charge is 0.183 e. The van der Waals surface area contributed by atoms with Gasteiger partial charge in [0.05, 0.1) is 11.7 Å². The molecule has 0 spiro atoms.